The molecule has 0 radical (unpaired) electrons. The van der Waals surface area contributed by atoms with Gasteiger partial charge >= 0.3 is 0 Å². The van der Waals surface area contributed by atoms with Crippen LogP contribution in [0.15, 0.2) is 24.3 Å². The van der Waals surface area contributed by atoms with Gasteiger partial charge in [-0.05, 0) is 25.0 Å². The summed E-state index contributed by atoms with van der Waals surface area (Å²) in [7, 11) is 0. The van der Waals surface area contributed by atoms with Crippen molar-refractivity contribution in [1.82, 2.24) is 14.8 Å². The third-order valence-corrected chi connectivity index (χ3v) is 3.55. The van der Waals surface area contributed by atoms with Crippen LogP contribution in [-0.4, -0.2) is 20.7 Å². The molecule has 1 aliphatic rings. The Kier molecular flexibility index (Phi) is 3.50. The first kappa shape index (κ1) is 12.8. The lowest BCUT2D eigenvalue weighted by atomic mass is 10.2. The van der Waals surface area contributed by atoms with Crippen LogP contribution in [0.5, 0.6) is 0 Å². The first-order valence-electron chi connectivity index (χ1n) is 7.04. The number of anilines is 1. The number of hydrogen-bond donors (Lipinski definition) is 1. The van der Waals surface area contributed by atoms with Crippen LogP contribution >= 0.6 is 0 Å². The fraction of sp³-hybridized carbons (Fsp3) is 0.400. The highest BCUT2D eigenvalue weighted by Crippen LogP contribution is 2.24. The number of carbonyl (C=O) groups excluding carboxylic acids is 1. The standard InChI is InChI=1S/C15H18N4O/c1-11(20)16-13-7-5-6-12(10-13)15-18-17-14-8-3-2-4-9-19(14)15/h5-7,10H,2-4,8-9H2,1H3,(H,16,20). The van der Waals surface area contributed by atoms with Gasteiger partial charge in [0, 0.05) is 31.1 Å². The smallest absolute Gasteiger partial charge is 0.221 e. The number of hydrogen-bond acceptors (Lipinski definition) is 3. The second-order valence-corrected chi connectivity index (χ2v) is 5.16. The van der Waals surface area contributed by atoms with Gasteiger partial charge in [-0.15, -0.1) is 10.2 Å². The van der Waals surface area contributed by atoms with E-state index in [-0.39, 0.29) is 5.91 Å². The summed E-state index contributed by atoms with van der Waals surface area (Å²) in [5.74, 6) is 1.90. The van der Waals surface area contributed by atoms with Gasteiger partial charge in [0.15, 0.2) is 5.82 Å². The number of aryl methyl sites for hydroxylation is 1. The van der Waals surface area contributed by atoms with Gasteiger partial charge in [0.25, 0.3) is 0 Å². The first-order chi connectivity index (χ1) is 9.74. The molecule has 5 heteroatoms. The van der Waals surface area contributed by atoms with E-state index in [9.17, 15) is 4.79 Å². The number of nitrogens with one attached hydrogen (secondary N) is 1. The lowest BCUT2D eigenvalue weighted by Crippen LogP contribution is -2.06. The molecule has 0 saturated carbocycles. The fourth-order valence-electron chi connectivity index (χ4n) is 2.64. The third-order valence-electron chi connectivity index (χ3n) is 3.55. The number of carbonyl (C=O) groups is 1. The van der Waals surface area contributed by atoms with E-state index in [1.807, 2.05) is 24.3 Å². The Balaban J connectivity index is 1.97. The molecule has 20 heavy (non-hydrogen) atoms. The van der Waals surface area contributed by atoms with Gasteiger partial charge in [0.2, 0.25) is 5.91 Å². The van der Waals surface area contributed by atoms with Crippen molar-refractivity contribution in [1.29, 1.82) is 0 Å². The number of rotatable bonds is 2. The fourth-order valence-corrected chi connectivity index (χ4v) is 2.64. The van der Waals surface area contributed by atoms with E-state index >= 15 is 0 Å². The summed E-state index contributed by atoms with van der Waals surface area (Å²) in [5, 5.41) is 11.4. The summed E-state index contributed by atoms with van der Waals surface area (Å²) < 4.78 is 2.21. The predicted octanol–water partition coefficient (Wildman–Crippen LogP) is 2.63. The second-order valence-electron chi connectivity index (χ2n) is 5.16. The van der Waals surface area contributed by atoms with Crippen LogP contribution in [0, 0.1) is 0 Å². The monoisotopic (exact) mass is 270 g/mol. The number of fused-ring (bicyclic) bond motifs is 1. The lowest BCUT2D eigenvalue weighted by Gasteiger charge is -2.08. The maximum atomic E-state index is 11.1. The van der Waals surface area contributed by atoms with E-state index in [2.05, 4.69) is 20.1 Å². The third kappa shape index (κ3) is 2.57. The highest BCUT2D eigenvalue weighted by atomic mass is 16.1. The second kappa shape index (κ2) is 5.45. The predicted molar refractivity (Wildman–Crippen MR) is 77.3 cm³/mol. The minimum Gasteiger partial charge on any atom is -0.326 e. The van der Waals surface area contributed by atoms with E-state index in [4.69, 9.17) is 0 Å². The van der Waals surface area contributed by atoms with Gasteiger partial charge in [-0.1, -0.05) is 18.6 Å². The molecule has 1 amide bonds. The molecule has 1 N–H and O–H groups in total. The zero-order chi connectivity index (χ0) is 13.9. The van der Waals surface area contributed by atoms with Crippen molar-refractivity contribution >= 4 is 11.6 Å². The largest absolute Gasteiger partial charge is 0.326 e. The van der Waals surface area contributed by atoms with Gasteiger partial charge in [-0.2, -0.15) is 0 Å². The molecule has 0 bridgehead atoms. The van der Waals surface area contributed by atoms with E-state index in [0.29, 0.717) is 0 Å². The Morgan fingerprint density at radius 2 is 2.15 bits per heavy atom. The quantitative estimate of drug-likeness (QED) is 0.912. The van der Waals surface area contributed by atoms with Gasteiger partial charge in [0.1, 0.15) is 5.82 Å². The van der Waals surface area contributed by atoms with Crippen molar-refractivity contribution in [3.63, 3.8) is 0 Å². The molecular weight excluding hydrogens is 252 g/mol. The van der Waals surface area contributed by atoms with Gasteiger partial charge < -0.3 is 9.88 Å². The van der Waals surface area contributed by atoms with Crippen LogP contribution in [0.25, 0.3) is 11.4 Å². The van der Waals surface area contributed by atoms with Crippen molar-refractivity contribution in [3.05, 3.63) is 30.1 Å². The summed E-state index contributed by atoms with van der Waals surface area (Å²) in [6.07, 6.45) is 4.60. The summed E-state index contributed by atoms with van der Waals surface area (Å²) in [5.41, 5.74) is 1.79. The topological polar surface area (TPSA) is 59.8 Å². The van der Waals surface area contributed by atoms with Crippen LogP contribution in [0.1, 0.15) is 32.0 Å². The summed E-state index contributed by atoms with van der Waals surface area (Å²) in [6.45, 7) is 2.48. The van der Waals surface area contributed by atoms with Crippen LogP contribution < -0.4 is 5.32 Å². The van der Waals surface area contributed by atoms with Gasteiger partial charge in [-0.3, -0.25) is 4.79 Å². The number of aromatic nitrogens is 3. The number of amides is 1. The maximum Gasteiger partial charge on any atom is 0.221 e. The van der Waals surface area contributed by atoms with E-state index < -0.39 is 0 Å². The molecule has 0 saturated heterocycles. The van der Waals surface area contributed by atoms with Gasteiger partial charge in [0.05, 0.1) is 0 Å². The minimum atomic E-state index is -0.0674. The molecule has 0 unspecified atom stereocenters. The lowest BCUT2D eigenvalue weighted by molar-refractivity contribution is -0.114. The van der Waals surface area contributed by atoms with E-state index in [1.54, 1.807) is 0 Å². The molecule has 0 spiro atoms. The molecular formula is C15H18N4O. The van der Waals surface area contributed by atoms with E-state index in [0.717, 1.165) is 35.9 Å². The minimum absolute atomic E-state index is 0.0674. The first-order valence-corrected chi connectivity index (χ1v) is 7.04. The average molecular weight is 270 g/mol. The Labute approximate surface area is 118 Å². The molecule has 0 atom stereocenters. The highest BCUT2D eigenvalue weighted by Gasteiger charge is 2.16. The van der Waals surface area contributed by atoms with Crippen molar-refractivity contribution in [2.45, 2.75) is 39.2 Å². The molecule has 0 aliphatic carbocycles. The Morgan fingerprint density at radius 1 is 1.25 bits per heavy atom. The average Bonchev–Trinajstić information content (AvgIpc) is 2.67. The Hall–Kier alpha value is -2.17. The van der Waals surface area contributed by atoms with Crippen molar-refractivity contribution in [3.8, 4) is 11.4 Å². The SMILES string of the molecule is CC(=O)Nc1cccc(-c2nnc3n2CCCCC3)c1. The molecule has 1 aromatic heterocycles. The van der Waals surface area contributed by atoms with Crippen molar-refractivity contribution in [2.24, 2.45) is 0 Å². The van der Waals surface area contributed by atoms with Crippen molar-refractivity contribution < 1.29 is 4.79 Å². The molecule has 0 fully saturated rings. The van der Waals surface area contributed by atoms with Gasteiger partial charge in [-0.25, -0.2) is 0 Å². The molecule has 1 aromatic carbocycles. The zero-order valence-corrected chi connectivity index (χ0v) is 11.6. The van der Waals surface area contributed by atoms with Crippen LogP contribution in [0.3, 0.4) is 0 Å². The maximum absolute atomic E-state index is 11.1. The van der Waals surface area contributed by atoms with Crippen molar-refractivity contribution in [2.75, 3.05) is 5.32 Å². The summed E-state index contributed by atoms with van der Waals surface area (Å²) in [4.78, 5) is 11.1. The Bertz CT molecular complexity index is 633. The zero-order valence-electron chi connectivity index (χ0n) is 11.6. The normalized spacial score (nSPS) is 14.4. The Morgan fingerprint density at radius 3 is 3.00 bits per heavy atom. The highest BCUT2D eigenvalue weighted by molar-refractivity contribution is 5.89. The molecule has 2 heterocycles. The number of benzene rings is 1. The molecule has 5 nitrogen and oxygen atoms in total. The molecule has 104 valence electrons. The van der Waals surface area contributed by atoms with Crippen LogP contribution in [0.2, 0.25) is 0 Å². The van der Waals surface area contributed by atoms with E-state index in [1.165, 1.54) is 26.2 Å². The molecule has 1 aliphatic heterocycles. The molecule has 3 rings (SSSR count). The number of nitrogens with zero attached hydrogens (tertiary/aromatic N) is 3. The van der Waals surface area contributed by atoms with Crippen LogP contribution in [-0.2, 0) is 17.8 Å². The summed E-state index contributed by atoms with van der Waals surface area (Å²) in [6, 6.07) is 7.76. The van der Waals surface area contributed by atoms with Crippen LogP contribution in [0.4, 0.5) is 5.69 Å². The summed E-state index contributed by atoms with van der Waals surface area (Å²) >= 11 is 0. The molecule has 2 aromatic rings.